The van der Waals surface area contributed by atoms with Crippen molar-refractivity contribution in [3.05, 3.63) is 65.9 Å². The Hall–Kier alpha value is -4.14. The molecule has 156 valence electrons. The number of benzene rings is 2. The average Bonchev–Trinajstić information content (AvgIpc) is 3.25. The number of H-pyrrole nitrogens is 1. The third-order valence-corrected chi connectivity index (χ3v) is 5.72. The van der Waals surface area contributed by atoms with Gasteiger partial charge in [-0.15, -0.1) is 0 Å². The fourth-order valence-electron chi connectivity index (χ4n) is 4.08. The van der Waals surface area contributed by atoms with E-state index in [2.05, 4.69) is 15.5 Å². The molecular weight excluding hydrogens is 396 g/mol. The van der Waals surface area contributed by atoms with Crippen LogP contribution in [0.4, 0.5) is 4.79 Å². The van der Waals surface area contributed by atoms with E-state index in [4.69, 9.17) is 9.73 Å². The van der Waals surface area contributed by atoms with Gasteiger partial charge in [-0.2, -0.15) is 5.10 Å². The predicted octanol–water partition coefficient (Wildman–Crippen LogP) is 2.26. The molecule has 0 aliphatic carbocycles. The minimum Gasteiger partial charge on any atom is -0.497 e. The van der Waals surface area contributed by atoms with Crippen LogP contribution in [-0.2, 0) is 10.3 Å². The number of amides is 3. The van der Waals surface area contributed by atoms with Gasteiger partial charge < -0.3 is 9.72 Å². The first-order chi connectivity index (χ1) is 15.0. The van der Waals surface area contributed by atoms with Gasteiger partial charge in [-0.05, 0) is 30.3 Å². The molecule has 0 unspecified atom stereocenters. The van der Waals surface area contributed by atoms with Crippen molar-refractivity contribution in [2.75, 3.05) is 21.2 Å². The summed E-state index contributed by atoms with van der Waals surface area (Å²) >= 11 is 0. The summed E-state index contributed by atoms with van der Waals surface area (Å²) in [7, 11) is 4.64. The van der Waals surface area contributed by atoms with Crippen LogP contribution in [0.5, 0.6) is 5.75 Å². The summed E-state index contributed by atoms with van der Waals surface area (Å²) in [5.41, 5.74) is 3.63. The number of aromatic amines is 1. The predicted molar refractivity (Wildman–Crippen MR) is 116 cm³/mol. The minimum atomic E-state index is -1.52. The molecule has 2 aromatic carbocycles. The summed E-state index contributed by atoms with van der Waals surface area (Å²) in [5, 5.41) is 5.28. The van der Waals surface area contributed by atoms with Crippen molar-refractivity contribution in [3.8, 4) is 5.75 Å². The number of likely N-dealkylation sites (N-methyl/N-ethyl adjacent to an activating group) is 2. The van der Waals surface area contributed by atoms with E-state index in [0.29, 0.717) is 17.1 Å². The van der Waals surface area contributed by atoms with E-state index in [1.54, 1.807) is 20.4 Å². The maximum Gasteiger partial charge on any atom is 0.331 e. The van der Waals surface area contributed by atoms with Crippen LogP contribution in [0.1, 0.15) is 11.1 Å². The number of methoxy groups -OCH3 is 1. The van der Waals surface area contributed by atoms with Crippen molar-refractivity contribution < 1.29 is 14.3 Å². The summed E-state index contributed by atoms with van der Waals surface area (Å²) in [5.74, 6) is 0.880. The number of carbonyl (C=O) groups excluding carboxylic acids is 2. The molecule has 31 heavy (non-hydrogen) atoms. The number of fused-ring (bicyclic) bond motifs is 2. The summed E-state index contributed by atoms with van der Waals surface area (Å²) in [6.07, 6.45) is 1.76. The molecule has 1 aromatic heterocycles. The highest BCUT2D eigenvalue weighted by molar-refractivity contribution is 6.27. The number of hydrogen-bond donors (Lipinski definition) is 2. The van der Waals surface area contributed by atoms with Crippen LogP contribution in [0.2, 0.25) is 0 Å². The Kier molecular flexibility index (Phi) is 4.07. The molecule has 3 amide bonds. The molecule has 0 radical (unpaired) electrons. The monoisotopic (exact) mass is 416 g/mol. The lowest BCUT2D eigenvalue weighted by molar-refractivity contribution is -0.132. The van der Waals surface area contributed by atoms with E-state index >= 15 is 0 Å². The molecule has 9 nitrogen and oxygen atoms in total. The van der Waals surface area contributed by atoms with Crippen LogP contribution in [0.15, 0.2) is 64.8 Å². The number of aromatic nitrogens is 1. The van der Waals surface area contributed by atoms with Gasteiger partial charge in [0, 0.05) is 42.3 Å². The lowest BCUT2D eigenvalue weighted by Gasteiger charge is -2.43. The second kappa shape index (κ2) is 6.69. The number of nitrogens with one attached hydrogen (secondary N) is 2. The SMILES string of the molecule is COc1ccc(C2=N[C@]3(c4c[nH]c5ccccc45)C(=O)N(C)C(=O)N(C)C3=NN2)cc1. The summed E-state index contributed by atoms with van der Waals surface area (Å²) < 4.78 is 5.23. The number of ether oxygens (including phenoxy) is 1. The largest absolute Gasteiger partial charge is 0.497 e. The van der Waals surface area contributed by atoms with Gasteiger partial charge in [-0.1, -0.05) is 18.2 Å². The molecule has 2 N–H and O–H groups in total. The fraction of sp³-hybridized carbons (Fsp3) is 0.182. The molecule has 0 spiro atoms. The van der Waals surface area contributed by atoms with Crippen LogP contribution in [0.3, 0.4) is 0 Å². The molecule has 2 aliphatic rings. The van der Waals surface area contributed by atoms with Crippen molar-refractivity contribution in [1.82, 2.24) is 20.2 Å². The van der Waals surface area contributed by atoms with Crippen molar-refractivity contribution in [2.24, 2.45) is 10.1 Å². The molecule has 0 saturated carbocycles. The third-order valence-electron chi connectivity index (χ3n) is 5.72. The first kappa shape index (κ1) is 18.9. The van der Waals surface area contributed by atoms with E-state index in [-0.39, 0.29) is 5.84 Å². The number of rotatable bonds is 3. The Morgan fingerprint density at radius 2 is 1.74 bits per heavy atom. The minimum absolute atomic E-state index is 0.225. The van der Waals surface area contributed by atoms with Crippen molar-refractivity contribution >= 4 is 34.5 Å². The molecule has 2 aliphatic heterocycles. The lowest BCUT2D eigenvalue weighted by Crippen LogP contribution is -2.66. The van der Waals surface area contributed by atoms with Crippen LogP contribution in [0.25, 0.3) is 10.9 Å². The number of hydrogen-bond acceptors (Lipinski definition) is 6. The van der Waals surface area contributed by atoms with Gasteiger partial charge in [0.05, 0.1) is 7.11 Å². The number of para-hydroxylation sites is 1. The van der Waals surface area contributed by atoms with Crippen LogP contribution in [-0.4, -0.2) is 59.6 Å². The van der Waals surface area contributed by atoms with E-state index in [0.717, 1.165) is 21.4 Å². The summed E-state index contributed by atoms with van der Waals surface area (Å²) in [6.45, 7) is 0. The number of hydrazone groups is 1. The molecule has 1 saturated heterocycles. The first-order valence-electron chi connectivity index (χ1n) is 9.68. The Labute approximate surface area is 178 Å². The maximum absolute atomic E-state index is 13.7. The second-order valence-corrected chi connectivity index (χ2v) is 7.40. The molecular formula is C22H20N6O3. The van der Waals surface area contributed by atoms with E-state index < -0.39 is 17.5 Å². The highest BCUT2D eigenvalue weighted by Gasteiger charge is 2.57. The average molecular weight is 416 g/mol. The van der Waals surface area contributed by atoms with Gasteiger partial charge in [0.1, 0.15) is 5.75 Å². The fourth-order valence-corrected chi connectivity index (χ4v) is 4.08. The number of imide groups is 1. The van der Waals surface area contributed by atoms with Crippen molar-refractivity contribution in [1.29, 1.82) is 0 Å². The standard InChI is InChI=1S/C22H20N6O3/c1-27-19-22(20(29)28(2)21(27)30,16-12-23-17-7-5-4-6-15(16)17)24-18(25-26-19)13-8-10-14(31-3)11-9-13/h4-12,23H,1-3H3,(H,24,25)/t22-/m0/s1. The smallest absolute Gasteiger partial charge is 0.331 e. The normalized spacial score (nSPS) is 20.9. The molecule has 1 atom stereocenters. The second-order valence-electron chi connectivity index (χ2n) is 7.40. The molecule has 0 bridgehead atoms. The zero-order valence-corrected chi connectivity index (χ0v) is 17.2. The van der Waals surface area contributed by atoms with Gasteiger partial charge in [-0.25, -0.2) is 9.79 Å². The first-order valence-corrected chi connectivity index (χ1v) is 9.68. The number of amidine groups is 2. The Balaban J connectivity index is 1.77. The highest BCUT2D eigenvalue weighted by atomic mass is 16.5. The highest BCUT2D eigenvalue weighted by Crippen LogP contribution is 2.40. The Bertz CT molecular complexity index is 1280. The molecule has 5 rings (SSSR count). The molecule has 1 fully saturated rings. The maximum atomic E-state index is 13.7. The van der Waals surface area contributed by atoms with Gasteiger partial charge in [0.2, 0.25) is 5.54 Å². The topological polar surface area (TPSA) is 102 Å². The zero-order valence-electron chi connectivity index (χ0n) is 17.2. The van der Waals surface area contributed by atoms with Gasteiger partial charge >= 0.3 is 6.03 Å². The number of nitrogens with zero attached hydrogens (tertiary/aromatic N) is 4. The van der Waals surface area contributed by atoms with Gasteiger partial charge in [0.25, 0.3) is 5.91 Å². The number of aliphatic imine (C=N–C) groups is 1. The van der Waals surface area contributed by atoms with Crippen molar-refractivity contribution in [3.63, 3.8) is 0 Å². The van der Waals surface area contributed by atoms with E-state index in [1.807, 2.05) is 48.5 Å². The third kappa shape index (κ3) is 2.56. The Morgan fingerprint density at radius 3 is 2.48 bits per heavy atom. The van der Waals surface area contributed by atoms with E-state index in [9.17, 15) is 9.59 Å². The lowest BCUT2D eigenvalue weighted by atomic mass is 9.84. The van der Waals surface area contributed by atoms with Crippen molar-refractivity contribution in [2.45, 2.75) is 5.54 Å². The van der Waals surface area contributed by atoms with Crippen LogP contribution < -0.4 is 10.2 Å². The molecule has 3 heterocycles. The zero-order chi connectivity index (χ0) is 21.8. The summed E-state index contributed by atoms with van der Waals surface area (Å²) in [6, 6.07) is 14.5. The molecule has 9 heteroatoms. The van der Waals surface area contributed by atoms with Gasteiger partial charge in [-0.3, -0.25) is 20.0 Å². The molecule has 3 aromatic rings. The van der Waals surface area contributed by atoms with E-state index in [1.165, 1.54) is 11.9 Å². The summed E-state index contributed by atoms with van der Waals surface area (Å²) in [4.78, 5) is 36.9. The van der Waals surface area contributed by atoms with Crippen LogP contribution >= 0.6 is 0 Å². The van der Waals surface area contributed by atoms with Gasteiger partial charge in [0.15, 0.2) is 11.7 Å². The number of carbonyl (C=O) groups is 2. The Morgan fingerprint density at radius 1 is 1.00 bits per heavy atom. The quantitative estimate of drug-likeness (QED) is 0.684. The van der Waals surface area contributed by atoms with Crippen LogP contribution in [0, 0.1) is 0 Å². The number of urea groups is 1.